The molecule has 0 atom stereocenters. The van der Waals surface area contributed by atoms with Gasteiger partial charge in [-0.25, -0.2) is 0 Å². The van der Waals surface area contributed by atoms with Crippen LogP contribution in [-0.4, -0.2) is 5.91 Å². The maximum Gasteiger partial charge on any atom is 0.222 e. The third kappa shape index (κ3) is 2.66. The summed E-state index contributed by atoms with van der Waals surface area (Å²) >= 11 is 1.66. The summed E-state index contributed by atoms with van der Waals surface area (Å²) in [6.45, 7) is 4.45. The number of carbonyl (C=O) groups is 1. The van der Waals surface area contributed by atoms with Crippen LogP contribution in [0.5, 0.6) is 0 Å². The van der Waals surface area contributed by atoms with E-state index >= 15 is 0 Å². The van der Waals surface area contributed by atoms with Crippen LogP contribution in [0, 0.1) is 5.92 Å². The van der Waals surface area contributed by atoms with Crippen LogP contribution in [0.15, 0.2) is 17.5 Å². The molecule has 1 heterocycles. The van der Waals surface area contributed by atoms with Gasteiger partial charge in [-0.3, -0.25) is 4.79 Å². The molecule has 0 spiro atoms. The molecule has 0 saturated heterocycles. The van der Waals surface area contributed by atoms with E-state index < -0.39 is 0 Å². The number of thiophene rings is 1. The minimum atomic E-state index is 0.0740. The predicted octanol–water partition coefficient (Wildman–Crippen LogP) is 2.02. The minimum absolute atomic E-state index is 0.0740. The van der Waals surface area contributed by atoms with Gasteiger partial charge < -0.3 is 5.32 Å². The lowest BCUT2D eigenvalue weighted by Crippen LogP contribution is -2.26. The van der Waals surface area contributed by atoms with Crippen molar-refractivity contribution in [3.05, 3.63) is 22.4 Å². The number of hydrogen-bond donors (Lipinski definition) is 1. The summed E-state index contributed by atoms with van der Waals surface area (Å²) < 4.78 is 0. The molecule has 1 rings (SSSR count). The fourth-order valence-electron chi connectivity index (χ4n) is 0.792. The van der Waals surface area contributed by atoms with Gasteiger partial charge in [-0.1, -0.05) is 19.9 Å². The zero-order valence-electron chi connectivity index (χ0n) is 7.33. The van der Waals surface area contributed by atoms with Crippen molar-refractivity contribution in [2.75, 3.05) is 0 Å². The van der Waals surface area contributed by atoms with Crippen molar-refractivity contribution >= 4 is 17.2 Å². The van der Waals surface area contributed by atoms with Crippen LogP contribution in [0.1, 0.15) is 18.7 Å². The first kappa shape index (κ1) is 9.26. The van der Waals surface area contributed by atoms with E-state index in [0.29, 0.717) is 6.54 Å². The van der Waals surface area contributed by atoms with Crippen LogP contribution < -0.4 is 5.32 Å². The Morgan fingerprint density at radius 2 is 2.42 bits per heavy atom. The maximum absolute atomic E-state index is 11.1. The Morgan fingerprint density at radius 3 is 2.92 bits per heavy atom. The smallest absolute Gasteiger partial charge is 0.222 e. The van der Waals surface area contributed by atoms with E-state index in [1.165, 1.54) is 4.88 Å². The number of hydrogen-bond acceptors (Lipinski definition) is 2. The van der Waals surface area contributed by atoms with Gasteiger partial charge in [0.2, 0.25) is 5.91 Å². The van der Waals surface area contributed by atoms with Crippen molar-refractivity contribution in [3.63, 3.8) is 0 Å². The van der Waals surface area contributed by atoms with Gasteiger partial charge >= 0.3 is 0 Å². The molecule has 0 bridgehead atoms. The van der Waals surface area contributed by atoms with Crippen molar-refractivity contribution in [1.29, 1.82) is 0 Å². The van der Waals surface area contributed by atoms with E-state index in [1.807, 2.05) is 31.4 Å². The molecule has 3 heteroatoms. The normalized spacial score (nSPS) is 10.2. The highest BCUT2D eigenvalue weighted by Gasteiger charge is 2.05. The summed E-state index contributed by atoms with van der Waals surface area (Å²) in [5.41, 5.74) is 0. The molecule has 0 fully saturated rings. The predicted molar refractivity (Wildman–Crippen MR) is 51.0 cm³/mol. The van der Waals surface area contributed by atoms with Crippen molar-refractivity contribution in [2.24, 2.45) is 5.92 Å². The molecule has 0 aliphatic rings. The summed E-state index contributed by atoms with van der Waals surface area (Å²) in [7, 11) is 0. The lowest BCUT2D eigenvalue weighted by Gasteiger charge is -2.05. The average molecular weight is 183 g/mol. The van der Waals surface area contributed by atoms with E-state index in [9.17, 15) is 4.79 Å². The van der Waals surface area contributed by atoms with Gasteiger partial charge in [-0.05, 0) is 11.4 Å². The summed E-state index contributed by atoms with van der Waals surface area (Å²) in [6.07, 6.45) is 0. The Labute approximate surface area is 76.6 Å². The van der Waals surface area contributed by atoms with E-state index in [4.69, 9.17) is 0 Å². The van der Waals surface area contributed by atoms with Crippen LogP contribution in [0.2, 0.25) is 0 Å². The van der Waals surface area contributed by atoms with Crippen molar-refractivity contribution in [3.8, 4) is 0 Å². The molecule has 1 amide bonds. The van der Waals surface area contributed by atoms with Crippen LogP contribution in [0.3, 0.4) is 0 Å². The van der Waals surface area contributed by atoms with Crippen LogP contribution in [-0.2, 0) is 11.3 Å². The highest BCUT2D eigenvalue weighted by atomic mass is 32.1. The number of nitrogens with one attached hydrogen (secondary N) is 1. The molecule has 2 nitrogen and oxygen atoms in total. The molecule has 1 aromatic heterocycles. The van der Waals surface area contributed by atoms with Crippen LogP contribution in [0.25, 0.3) is 0 Å². The average Bonchev–Trinajstić information content (AvgIpc) is 2.51. The van der Waals surface area contributed by atoms with Gasteiger partial charge in [-0.2, -0.15) is 0 Å². The second kappa shape index (κ2) is 4.26. The molecule has 0 aliphatic carbocycles. The van der Waals surface area contributed by atoms with E-state index in [-0.39, 0.29) is 11.8 Å². The second-order valence-corrected chi connectivity index (χ2v) is 3.98. The zero-order valence-corrected chi connectivity index (χ0v) is 8.15. The van der Waals surface area contributed by atoms with Crippen LogP contribution >= 0.6 is 11.3 Å². The fourth-order valence-corrected chi connectivity index (χ4v) is 1.44. The number of carbonyl (C=O) groups excluding carboxylic acids is 1. The molecule has 12 heavy (non-hydrogen) atoms. The van der Waals surface area contributed by atoms with E-state index in [1.54, 1.807) is 11.3 Å². The number of amides is 1. The SMILES string of the molecule is CC(C)C(=O)NCc1cccs1. The van der Waals surface area contributed by atoms with Gasteiger partial charge in [0.1, 0.15) is 0 Å². The lowest BCUT2D eigenvalue weighted by atomic mass is 10.2. The minimum Gasteiger partial charge on any atom is -0.351 e. The highest BCUT2D eigenvalue weighted by Crippen LogP contribution is 2.07. The highest BCUT2D eigenvalue weighted by molar-refractivity contribution is 7.09. The first-order valence-electron chi connectivity index (χ1n) is 4.00. The molecular formula is C9H13NOS. The van der Waals surface area contributed by atoms with Gasteiger partial charge in [0.15, 0.2) is 0 Å². The quantitative estimate of drug-likeness (QED) is 0.763. The molecule has 0 saturated carbocycles. The Bertz CT molecular complexity index is 241. The lowest BCUT2D eigenvalue weighted by molar-refractivity contribution is -0.124. The Kier molecular flexibility index (Phi) is 3.29. The van der Waals surface area contributed by atoms with Crippen molar-refractivity contribution < 1.29 is 4.79 Å². The third-order valence-corrected chi connectivity index (χ3v) is 2.42. The monoisotopic (exact) mass is 183 g/mol. The molecular weight excluding hydrogens is 170 g/mol. The largest absolute Gasteiger partial charge is 0.351 e. The summed E-state index contributed by atoms with van der Waals surface area (Å²) in [5.74, 6) is 0.188. The summed E-state index contributed by atoms with van der Waals surface area (Å²) in [4.78, 5) is 12.3. The Balaban J connectivity index is 2.32. The van der Waals surface area contributed by atoms with Gasteiger partial charge in [0.05, 0.1) is 6.54 Å². The van der Waals surface area contributed by atoms with Gasteiger partial charge in [-0.15, -0.1) is 11.3 Å². The molecule has 1 aromatic rings. The molecule has 0 radical (unpaired) electrons. The third-order valence-electron chi connectivity index (χ3n) is 1.54. The topological polar surface area (TPSA) is 29.1 Å². The molecule has 0 unspecified atom stereocenters. The van der Waals surface area contributed by atoms with Gasteiger partial charge in [0, 0.05) is 10.8 Å². The van der Waals surface area contributed by atoms with Crippen molar-refractivity contribution in [2.45, 2.75) is 20.4 Å². The van der Waals surface area contributed by atoms with E-state index in [0.717, 1.165) is 0 Å². The molecule has 66 valence electrons. The molecule has 0 aliphatic heterocycles. The van der Waals surface area contributed by atoms with Crippen LogP contribution in [0.4, 0.5) is 0 Å². The first-order chi connectivity index (χ1) is 5.70. The summed E-state index contributed by atoms with van der Waals surface area (Å²) in [5, 5.41) is 4.87. The Hall–Kier alpha value is -0.830. The fraction of sp³-hybridized carbons (Fsp3) is 0.444. The van der Waals surface area contributed by atoms with Crippen molar-refractivity contribution in [1.82, 2.24) is 5.32 Å². The molecule has 0 aromatic carbocycles. The number of rotatable bonds is 3. The first-order valence-corrected chi connectivity index (χ1v) is 4.88. The zero-order chi connectivity index (χ0) is 8.97. The maximum atomic E-state index is 11.1. The Morgan fingerprint density at radius 1 is 1.67 bits per heavy atom. The second-order valence-electron chi connectivity index (χ2n) is 2.95. The van der Waals surface area contributed by atoms with E-state index in [2.05, 4.69) is 5.32 Å². The molecule has 1 N–H and O–H groups in total. The standard InChI is InChI=1S/C9H13NOS/c1-7(2)9(11)10-6-8-4-3-5-12-8/h3-5,7H,6H2,1-2H3,(H,10,11). The van der Waals surface area contributed by atoms with Gasteiger partial charge in [0.25, 0.3) is 0 Å². The summed E-state index contributed by atoms with van der Waals surface area (Å²) in [6, 6.07) is 4.01.